The van der Waals surface area contributed by atoms with Crippen molar-refractivity contribution in [1.29, 1.82) is 0 Å². The van der Waals surface area contributed by atoms with Crippen molar-refractivity contribution >= 4 is 67.9 Å². The van der Waals surface area contributed by atoms with Gasteiger partial charge in [-0.05, 0) is 155 Å². The van der Waals surface area contributed by atoms with Crippen LogP contribution in [0.3, 0.4) is 0 Å². The first-order chi connectivity index (χ1) is 36.2. The molecule has 0 unspecified atom stereocenters. The number of benzene rings is 9. The van der Waals surface area contributed by atoms with Gasteiger partial charge < -0.3 is 9.80 Å². The largest absolute Gasteiger partial charge is 0.311 e. The number of hydrogen-bond donors (Lipinski definition) is 0. The SMILES string of the molecule is Cc1cc2c3c(c1)N(c1ccc(C(C)(C)C)cc1)c1c(sc4c1-c1ccc(C(C)(C)C)cc1C41c4ccccc4-c4ccccc41)B3c1ccc(-c3ccccc3-c3ccccc3)cc1N2c1ccc(C(C)C)cc1. The quantitative estimate of drug-likeness (QED) is 0.159. The first kappa shape index (κ1) is 45.9. The van der Waals surface area contributed by atoms with Crippen molar-refractivity contribution in [2.45, 2.75) is 84.5 Å². The molecular weight excluding hydrogens is 924 g/mol. The van der Waals surface area contributed by atoms with Crippen molar-refractivity contribution in [3.8, 4) is 44.5 Å². The minimum atomic E-state index is -0.499. The van der Waals surface area contributed by atoms with Crippen LogP contribution in [-0.4, -0.2) is 6.71 Å². The lowest BCUT2D eigenvalue weighted by atomic mass is 9.36. The van der Waals surface area contributed by atoms with Gasteiger partial charge in [-0.1, -0.05) is 213 Å². The molecule has 0 saturated carbocycles. The van der Waals surface area contributed by atoms with Crippen LogP contribution in [0, 0.1) is 6.92 Å². The Morgan fingerprint density at radius 3 is 1.64 bits per heavy atom. The van der Waals surface area contributed by atoms with E-state index in [0.717, 1.165) is 0 Å². The molecule has 9 aromatic carbocycles. The highest BCUT2D eigenvalue weighted by Crippen LogP contribution is 2.67. The lowest BCUT2D eigenvalue weighted by molar-refractivity contribution is 0.588. The molecule has 1 aromatic heterocycles. The lowest BCUT2D eigenvalue weighted by Crippen LogP contribution is -2.60. The van der Waals surface area contributed by atoms with Crippen LogP contribution in [0.2, 0.25) is 0 Å². The molecule has 0 N–H and O–H groups in total. The summed E-state index contributed by atoms with van der Waals surface area (Å²) >= 11 is 2.07. The van der Waals surface area contributed by atoms with Gasteiger partial charge in [0.05, 0.1) is 11.1 Å². The Hall–Kier alpha value is -7.66. The van der Waals surface area contributed by atoms with Crippen molar-refractivity contribution in [3.05, 3.63) is 244 Å². The van der Waals surface area contributed by atoms with E-state index in [1.165, 1.54) is 138 Å². The number of rotatable bonds is 5. The van der Waals surface area contributed by atoms with Gasteiger partial charge in [-0.25, -0.2) is 0 Å². The Morgan fingerprint density at radius 2 is 1.01 bits per heavy atom. The predicted molar refractivity (Wildman–Crippen MR) is 322 cm³/mol. The number of hydrogen-bond acceptors (Lipinski definition) is 3. The van der Waals surface area contributed by atoms with E-state index >= 15 is 0 Å². The molecule has 4 heteroatoms. The van der Waals surface area contributed by atoms with Crippen molar-refractivity contribution in [2.24, 2.45) is 0 Å². The third-order valence-electron chi connectivity index (χ3n) is 17.0. The maximum Gasteiger partial charge on any atom is 0.264 e. The van der Waals surface area contributed by atoms with Crippen LogP contribution in [0.5, 0.6) is 0 Å². The van der Waals surface area contributed by atoms with Crippen LogP contribution in [0.1, 0.15) is 105 Å². The first-order valence-electron chi connectivity index (χ1n) is 27.0. The molecule has 4 aliphatic rings. The highest BCUT2D eigenvalue weighted by Gasteiger charge is 2.57. The lowest BCUT2D eigenvalue weighted by Gasteiger charge is -2.44. The fourth-order valence-corrected chi connectivity index (χ4v) is 15.0. The minimum Gasteiger partial charge on any atom is -0.311 e. The van der Waals surface area contributed by atoms with Crippen LogP contribution in [0.15, 0.2) is 200 Å². The third kappa shape index (κ3) is 6.64. The minimum absolute atomic E-state index is 0.0118. The van der Waals surface area contributed by atoms with E-state index in [4.69, 9.17) is 0 Å². The summed E-state index contributed by atoms with van der Waals surface area (Å²) in [4.78, 5) is 6.70. The van der Waals surface area contributed by atoms with E-state index in [9.17, 15) is 0 Å². The fraction of sp³-hybridized carbons (Fsp3) is 0.183. The van der Waals surface area contributed by atoms with Gasteiger partial charge in [0.15, 0.2) is 0 Å². The average molecular weight is 985 g/mol. The summed E-state index contributed by atoms with van der Waals surface area (Å²) in [5.41, 5.74) is 29.2. The van der Waals surface area contributed by atoms with Gasteiger partial charge in [-0.3, -0.25) is 0 Å². The highest BCUT2D eigenvalue weighted by atomic mass is 32.1. The molecule has 75 heavy (non-hydrogen) atoms. The summed E-state index contributed by atoms with van der Waals surface area (Å²) < 4.78 is 1.40. The Balaban J connectivity index is 1.11. The van der Waals surface area contributed by atoms with Crippen LogP contribution in [0.4, 0.5) is 34.1 Å². The van der Waals surface area contributed by atoms with Gasteiger partial charge in [0.2, 0.25) is 0 Å². The van der Waals surface area contributed by atoms with Crippen molar-refractivity contribution < 1.29 is 0 Å². The van der Waals surface area contributed by atoms with Crippen molar-refractivity contribution in [2.75, 3.05) is 9.80 Å². The number of aryl methyl sites for hydroxylation is 1. The smallest absolute Gasteiger partial charge is 0.264 e. The molecule has 2 aliphatic carbocycles. The molecule has 0 fully saturated rings. The zero-order valence-electron chi connectivity index (χ0n) is 44.5. The normalized spacial score (nSPS) is 14.3. The molecule has 0 radical (unpaired) electrons. The van der Waals surface area contributed by atoms with E-state index in [1.807, 2.05) is 0 Å². The predicted octanol–water partition coefficient (Wildman–Crippen LogP) is 17.5. The van der Waals surface area contributed by atoms with Crippen molar-refractivity contribution in [1.82, 2.24) is 0 Å². The summed E-state index contributed by atoms with van der Waals surface area (Å²) in [6, 6.07) is 77.2. The van der Waals surface area contributed by atoms with E-state index in [2.05, 4.69) is 284 Å². The molecule has 14 rings (SSSR count). The van der Waals surface area contributed by atoms with E-state index in [-0.39, 0.29) is 17.5 Å². The molecule has 2 nitrogen and oxygen atoms in total. The number of fused-ring (bicyclic) bond motifs is 15. The van der Waals surface area contributed by atoms with Gasteiger partial charge >= 0.3 is 0 Å². The summed E-state index contributed by atoms with van der Waals surface area (Å²) in [6.45, 7) is 20.9. The molecule has 0 amide bonds. The van der Waals surface area contributed by atoms with E-state index in [0.29, 0.717) is 5.92 Å². The van der Waals surface area contributed by atoms with E-state index in [1.54, 1.807) is 0 Å². The van der Waals surface area contributed by atoms with Gasteiger partial charge in [0, 0.05) is 43.7 Å². The molecule has 0 bridgehead atoms. The molecule has 0 atom stereocenters. The second-order valence-electron chi connectivity index (χ2n) is 23.9. The summed E-state index contributed by atoms with van der Waals surface area (Å²) in [5.74, 6) is 0.426. The Bertz CT molecular complexity index is 3910. The Labute approximate surface area is 448 Å². The monoisotopic (exact) mass is 984 g/mol. The third-order valence-corrected chi connectivity index (χ3v) is 18.4. The maximum absolute atomic E-state index is 2.68. The topological polar surface area (TPSA) is 6.48 Å². The number of nitrogens with zero attached hydrogens (tertiary/aromatic N) is 2. The fourth-order valence-electron chi connectivity index (χ4n) is 13.3. The van der Waals surface area contributed by atoms with Gasteiger partial charge in [0.1, 0.15) is 0 Å². The van der Waals surface area contributed by atoms with Crippen LogP contribution >= 0.6 is 11.3 Å². The molecule has 3 heterocycles. The first-order valence-corrected chi connectivity index (χ1v) is 27.8. The van der Waals surface area contributed by atoms with Crippen LogP contribution in [0.25, 0.3) is 44.5 Å². The summed E-state index contributed by atoms with van der Waals surface area (Å²) in [6.07, 6.45) is 0. The average Bonchev–Trinajstić information content (AvgIpc) is 4.23. The maximum atomic E-state index is 2.68. The van der Waals surface area contributed by atoms with E-state index < -0.39 is 5.41 Å². The Kier molecular flexibility index (Phi) is 10.1. The summed E-state index contributed by atoms with van der Waals surface area (Å²) in [7, 11) is 0. The molecule has 1 spiro atoms. The second kappa shape index (κ2) is 16.4. The summed E-state index contributed by atoms with van der Waals surface area (Å²) in [5, 5.41) is 0. The number of thiophene rings is 1. The molecular formula is C71H61BN2S. The molecule has 364 valence electrons. The van der Waals surface area contributed by atoms with Crippen LogP contribution < -0.4 is 25.5 Å². The molecule has 10 aromatic rings. The van der Waals surface area contributed by atoms with Crippen molar-refractivity contribution in [3.63, 3.8) is 0 Å². The molecule has 0 saturated heterocycles. The number of anilines is 6. The zero-order chi connectivity index (χ0) is 51.3. The van der Waals surface area contributed by atoms with Gasteiger partial charge in [-0.2, -0.15) is 0 Å². The van der Waals surface area contributed by atoms with Gasteiger partial charge in [0.25, 0.3) is 6.71 Å². The molecule has 2 aliphatic heterocycles. The van der Waals surface area contributed by atoms with Gasteiger partial charge in [-0.15, -0.1) is 11.3 Å². The van der Waals surface area contributed by atoms with Crippen LogP contribution in [-0.2, 0) is 16.2 Å². The zero-order valence-corrected chi connectivity index (χ0v) is 45.3. The second-order valence-corrected chi connectivity index (χ2v) is 25.0. The standard InChI is InChI=1S/C71H61BN2S/c1-43(2)45-27-33-50(34-28-45)73-61-41-47(53-22-14-13-21-52(53)46-19-11-10-12-20-46)29-38-60(61)72-65-62(73)39-44(3)40-63(65)74(51-35-30-48(31-36-51)69(4,5)6)66-64-56-37-32-49(70(7,8)9)42-59(56)71(67(64)75-68(66)72)57-25-17-15-23-54(57)55-24-16-18-26-58(55)71/h10-43H,1-9H3. The Morgan fingerprint density at radius 1 is 0.467 bits per heavy atom. The highest BCUT2D eigenvalue weighted by molar-refractivity contribution is 7.30.